The lowest BCUT2D eigenvalue weighted by Crippen LogP contribution is -2.46. The quantitative estimate of drug-likeness (QED) is 0.833. The maximum absolute atomic E-state index is 12.8. The van der Waals surface area contributed by atoms with Crippen molar-refractivity contribution in [2.24, 2.45) is 11.8 Å². The number of methoxy groups -OCH3 is 1. The van der Waals surface area contributed by atoms with Crippen LogP contribution in [-0.2, 0) is 14.8 Å². The molecule has 2 unspecified atom stereocenters. The fourth-order valence-electron chi connectivity index (χ4n) is 4.14. The zero-order valence-corrected chi connectivity index (χ0v) is 17.0. The number of ether oxygens (including phenoxy) is 1. The first kappa shape index (κ1) is 20.1. The normalized spacial score (nSPS) is 25.1. The number of piperidine rings is 1. The average molecular weight is 395 g/mol. The highest BCUT2D eigenvalue weighted by atomic mass is 32.2. The van der Waals surface area contributed by atoms with Crippen molar-refractivity contribution in [3.63, 3.8) is 0 Å². The topological polar surface area (TPSA) is 75.7 Å². The fraction of sp³-hybridized carbons (Fsp3) is 0.650. The van der Waals surface area contributed by atoms with Gasteiger partial charge in [-0.3, -0.25) is 4.79 Å². The predicted octanol–water partition coefficient (Wildman–Crippen LogP) is 2.79. The molecule has 0 radical (unpaired) electrons. The molecular weight excluding hydrogens is 364 g/mol. The minimum atomic E-state index is -3.52. The Bertz CT molecular complexity index is 740. The van der Waals surface area contributed by atoms with Crippen molar-refractivity contribution in [1.82, 2.24) is 9.62 Å². The summed E-state index contributed by atoms with van der Waals surface area (Å²) < 4.78 is 32.2. The molecular formula is C20H30N2O4S. The number of hydrogen-bond donors (Lipinski definition) is 1. The Morgan fingerprint density at radius 3 is 2.37 bits per heavy atom. The van der Waals surface area contributed by atoms with Crippen LogP contribution in [0.4, 0.5) is 0 Å². The average Bonchev–Trinajstić information content (AvgIpc) is 2.68. The molecule has 1 saturated heterocycles. The Labute approximate surface area is 162 Å². The molecule has 6 nitrogen and oxygen atoms in total. The lowest BCUT2D eigenvalue weighted by Gasteiger charge is -2.33. The molecule has 2 aliphatic rings. The summed E-state index contributed by atoms with van der Waals surface area (Å²) in [4.78, 5) is 12.8. The van der Waals surface area contributed by atoms with Gasteiger partial charge in [0.05, 0.1) is 12.0 Å². The number of carbonyl (C=O) groups is 1. The van der Waals surface area contributed by atoms with Crippen molar-refractivity contribution in [3.8, 4) is 5.75 Å². The van der Waals surface area contributed by atoms with Crippen molar-refractivity contribution < 1.29 is 17.9 Å². The largest absolute Gasteiger partial charge is 0.497 e. The molecule has 1 aromatic carbocycles. The molecule has 1 amide bonds. The van der Waals surface area contributed by atoms with E-state index in [4.69, 9.17) is 4.74 Å². The van der Waals surface area contributed by atoms with Gasteiger partial charge in [-0.05, 0) is 55.9 Å². The summed E-state index contributed by atoms with van der Waals surface area (Å²) in [5, 5.41) is 3.20. The summed E-state index contributed by atoms with van der Waals surface area (Å²) in [7, 11) is -1.98. The van der Waals surface area contributed by atoms with Gasteiger partial charge in [-0.1, -0.05) is 19.8 Å². The summed E-state index contributed by atoms with van der Waals surface area (Å²) in [6.07, 6.45) is 5.67. The van der Waals surface area contributed by atoms with Gasteiger partial charge >= 0.3 is 0 Å². The molecule has 3 rings (SSSR count). The maximum atomic E-state index is 12.8. The van der Waals surface area contributed by atoms with E-state index in [2.05, 4.69) is 12.2 Å². The molecule has 1 N–H and O–H groups in total. The molecule has 0 aromatic heterocycles. The standard InChI is InChI=1S/C20H30N2O4S/c1-15-4-3-5-17(14-15)21-20(23)16-10-12-22(13-11-16)27(24,25)19-8-6-18(26-2)7-9-19/h6-9,15-17H,3-5,10-14H2,1-2H3,(H,21,23). The molecule has 0 bridgehead atoms. The number of nitrogens with one attached hydrogen (secondary N) is 1. The summed E-state index contributed by atoms with van der Waals surface area (Å²) in [5.74, 6) is 1.29. The Hall–Kier alpha value is -1.60. The lowest BCUT2D eigenvalue weighted by atomic mass is 9.86. The number of nitrogens with zero attached hydrogens (tertiary/aromatic N) is 1. The Morgan fingerprint density at radius 1 is 1.11 bits per heavy atom. The minimum Gasteiger partial charge on any atom is -0.497 e. The Kier molecular flexibility index (Phi) is 6.42. The van der Waals surface area contributed by atoms with Crippen LogP contribution in [0.1, 0.15) is 45.4 Å². The van der Waals surface area contributed by atoms with Gasteiger partial charge in [-0.25, -0.2) is 8.42 Å². The van der Waals surface area contributed by atoms with E-state index in [0.717, 1.165) is 12.8 Å². The van der Waals surface area contributed by atoms with Gasteiger partial charge in [0.2, 0.25) is 15.9 Å². The van der Waals surface area contributed by atoms with Crippen molar-refractivity contribution in [1.29, 1.82) is 0 Å². The Morgan fingerprint density at radius 2 is 1.78 bits per heavy atom. The first-order valence-electron chi connectivity index (χ1n) is 9.84. The van der Waals surface area contributed by atoms with Crippen LogP contribution in [0.25, 0.3) is 0 Å². The third-order valence-electron chi connectivity index (χ3n) is 5.80. The van der Waals surface area contributed by atoms with Gasteiger partial charge in [-0.15, -0.1) is 0 Å². The Balaban J connectivity index is 1.55. The number of hydrogen-bond acceptors (Lipinski definition) is 4. The van der Waals surface area contributed by atoms with Crippen LogP contribution in [0.3, 0.4) is 0 Å². The van der Waals surface area contributed by atoms with E-state index in [1.807, 2.05) is 0 Å². The summed E-state index contributed by atoms with van der Waals surface area (Å²) >= 11 is 0. The van der Waals surface area contributed by atoms with Crippen molar-refractivity contribution in [2.45, 2.75) is 56.4 Å². The summed E-state index contributed by atoms with van der Waals surface area (Å²) in [6.45, 7) is 3.00. The molecule has 2 atom stereocenters. The SMILES string of the molecule is COc1ccc(S(=O)(=O)N2CCC(C(=O)NC3CCCC(C)C3)CC2)cc1. The van der Waals surface area contributed by atoms with Crippen LogP contribution in [0, 0.1) is 11.8 Å². The lowest BCUT2D eigenvalue weighted by molar-refractivity contribution is -0.127. The smallest absolute Gasteiger partial charge is 0.243 e. The van der Waals surface area contributed by atoms with E-state index in [0.29, 0.717) is 37.6 Å². The zero-order valence-electron chi connectivity index (χ0n) is 16.2. The second-order valence-electron chi connectivity index (χ2n) is 7.83. The van der Waals surface area contributed by atoms with Crippen molar-refractivity contribution in [2.75, 3.05) is 20.2 Å². The fourth-order valence-corrected chi connectivity index (χ4v) is 5.61. The van der Waals surface area contributed by atoms with E-state index in [-0.39, 0.29) is 22.8 Å². The molecule has 7 heteroatoms. The molecule has 1 aliphatic carbocycles. The number of amides is 1. The number of sulfonamides is 1. The minimum absolute atomic E-state index is 0.0930. The van der Waals surface area contributed by atoms with Crippen LogP contribution in [0.5, 0.6) is 5.75 Å². The van der Waals surface area contributed by atoms with Gasteiger partial charge in [0.1, 0.15) is 5.75 Å². The second kappa shape index (κ2) is 8.61. The molecule has 0 spiro atoms. The number of benzene rings is 1. The third-order valence-corrected chi connectivity index (χ3v) is 7.72. The second-order valence-corrected chi connectivity index (χ2v) is 9.77. The van der Waals surface area contributed by atoms with E-state index in [1.54, 1.807) is 31.4 Å². The van der Waals surface area contributed by atoms with Gasteiger partial charge in [0.25, 0.3) is 0 Å². The molecule has 150 valence electrons. The molecule has 1 saturated carbocycles. The van der Waals surface area contributed by atoms with Gasteiger partial charge in [-0.2, -0.15) is 4.31 Å². The zero-order chi connectivity index (χ0) is 19.4. The van der Waals surface area contributed by atoms with Crippen LogP contribution < -0.4 is 10.1 Å². The molecule has 1 aliphatic heterocycles. The summed E-state index contributed by atoms with van der Waals surface area (Å²) in [5.41, 5.74) is 0. The van der Waals surface area contributed by atoms with E-state index >= 15 is 0 Å². The number of rotatable bonds is 5. The number of carbonyl (C=O) groups excluding carboxylic acids is 1. The van der Waals surface area contributed by atoms with Crippen molar-refractivity contribution >= 4 is 15.9 Å². The molecule has 2 fully saturated rings. The van der Waals surface area contributed by atoms with Gasteiger partial charge in [0.15, 0.2) is 0 Å². The van der Waals surface area contributed by atoms with E-state index in [9.17, 15) is 13.2 Å². The third kappa shape index (κ3) is 4.82. The highest BCUT2D eigenvalue weighted by Crippen LogP contribution is 2.27. The van der Waals surface area contributed by atoms with Crippen molar-refractivity contribution in [3.05, 3.63) is 24.3 Å². The first-order chi connectivity index (χ1) is 12.9. The first-order valence-corrected chi connectivity index (χ1v) is 11.3. The molecule has 1 aromatic rings. The van der Waals surface area contributed by atoms with Gasteiger partial charge in [0, 0.05) is 25.0 Å². The molecule has 1 heterocycles. The highest BCUT2D eigenvalue weighted by molar-refractivity contribution is 7.89. The maximum Gasteiger partial charge on any atom is 0.243 e. The van der Waals surface area contributed by atoms with E-state index in [1.165, 1.54) is 17.1 Å². The highest BCUT2D eigenvalue weighted by Gasteiger charge is 2.33. The van der Waals surface area contributed by atoms with Crippen LogP contribution in [0.2, 0.25) is 0 Å². The summed E-state index contributed by atoms with van der Waals surface area (Å²) in [6, 6.07) is 6.72. The molecule has 27 heavy (non-hydrogen) atoms. The van der Waals surface area contributed by atoms with E-state index < -0.39 is 10.0 Å². The monoisotopic (exact) mass is 394 g/mol. The van der Waals surface area contributed by atoms with Crippen LogP contribution in [-0.4, -0.2) is 44.9 Å². The van der Waals surface area contributed by atoms with Crippen LogP contribution in [0.15, 0.2) is 29.2 Å². The van der Waals surface area contributed by atoms with Gasteiger partial charge < -0.3 is 10.1 Å². The van der Waals surface area contributed by atoms with Crippen LogP contribution >= 0.6 is 0 Å². The predicted molar refractivity (Wildman–Crippen MR) is 104 cm³/mol.